The highest BCUT2D eigenvalue weighted by Gasteiger charge is 2.18. The minimum atomic E-state index is -0.361. The monoisotopic (exact) mass is 273 g/mol. The van der Waals surface area contributed by atoms with E-state index in [1.807, 2.05) is 29.0 Å². The number of aromatic nitrogens is 2. The van der Waals surface area contributed by atoms with Crippen molar-refractivity contribution in [3.63, 3.8) is 0 Å². The molecule has 1 unspecified atom stereocenters. The summed E-state index contributed by atoms with van der Waals surface area (Å²) in [5, 5.41) is 2.94. The van der Waals surface area contributed by atoms with E-state index in [2.05, 4.69) is 22.4 Å². The van der Waals surface area contributed by atoms with E-state index >= 15 is 0 Å². The molecule has 0 fully saturated rings. The summed E-state index contributed by atoms with van der Waals surface area (Å²) >= 11 is 0. The smallest absolute Gasteiger partial charge is 0.323 e. The van der Waals surface area contributed by atoms with Gasteiger partial charge in [-0.1, -0.05) is 30.3 Å². The molecule has 0 spiro atoms. The predicted octanol–water partition coefficient (Wildman–Crippen LogP) is 1.23. The van der Waals surface area contributed by atoms with Crippen molar-refractivity contribution in [2.45, 2.75) is 19.0 Å². The number of likely N-dealkylation sites (N-methyl/N-ethyl adjacent to an activating group) is 1. The molecule has 0 radical (unpaired) electrons. The van der Waals surface area contributed by atoms with Crippen LogP contribution in [0.4, 0.5) is 0 Å². The van der Waals surface area contributed by atoms with Crippen molar-refractivity contribution in [1.29, 1.82) is 0 Å². The van der Waals surface area contributed by atoms with Crippen molar-refractivity contribution in [1.82, 2.24) is 14.9 Å². The van der Waals surface area contributed by atoms with Gasteiger partial charge in [-0.3, -0.25) is 4.79 Å². The number of rotatable bonds is 6. The Kier molecular flexibility index (Phi) is 4.90. The second-order valence-corrected chi connectivity index (χ2v) is 4.59. The fourth-order valence-corrected chi connectivity index (χ4v) is 2.05. The molecule has 0 amide bonds. The number of ether oxygens (including phenoxy) is 1. The van der Waals surface area contributed by atoms with Crippen LogP contribution in [0.2, 0.25) is 0 Å². The number of hydrogen-bond donors (Lipinski definition) is 1. The normalized spacial score (nSPS) is 12.1. The molecule has 1 aromatic heterocycles. The molecule has 0 aliphatic carbocycles. The molecule has 5 heteroatoms. The number of carbonyl (C=O) groups excluding carboxylic acids is 1. The van der Waals surface area contributed by atoms with E-state index in [0.717, 1.165) is 12.2 Å². The van der Waals surface area contributed by atoms with Gasteiger partial charge in [0.15, 0.2) is 0 Å². The molecule has 106 valence electrons. The van der Waals surface area contributed by atoms with Gasteiger partial charge in [0.25, 0.3) is 0 Å². The molecule has 1 aromatic carbocycles. The van der Waals surface area contributed by atoms with E-state index in [-0.39, 0.29) is 12.0 Å². The summed E-state index contributed by atoms with van der Waals surface area (Å²) in [6, 6.07) is 9.81. The number of nitrogens with zero attached hydrogens (tertiary/aromatic N) is 2. The molecule has 5 nitrogen and oxygen atoms in total. The third kappa shape index (κ3) is 3.68. The first-order valence-corrected chi connectivity index (χ1v) is 6.52. The third-order valence-electron chi connectivity index (χ3n) is 3.14. The molecule has 1 N–H and O–H groups in total. The van der Waals surface area contributed by atoms with E-state index in [1.165, 1.54) is 12.7 Å². The second kappa shape index (κ2) is 6.86. The molecule has 1 heterocycles. The van der Waals surface area contributed by atoms with Crippen molar-refractivity contribution in [3.05, 3.63) is 54.1 Å². The van der Waals surface area contributed by atoms with E-state index in [1.54, 1.807) is 13.4 Å². The van der Waals surface area contributed by atoms with Gasteiger partial charge in [0.2, 0.25) is 0 Å². The minimum absolute atomic E-state index is 0.273. The van der Waals surface area contributed by atoms with Crippen molar-refractivity contribution < 1.29 is 9.53 Å². The van der Waals surface area contributed by atoms with Crippen LogP contribution in [0, 0.1) is 0 Å². The van der Waals surface area contributed by atoms with Crippen molar-refractivity contribution in [2.24, 2.45) is 0 Å². The molecule has 1 atom stereocenters. The van der Waals surface area contributed by atoms with Crippen molar-refractivity contribution >= 4 is 5.97 Å². The van der Waals surface area contributed by atoms with Crippen LogP contribution in [0.25, 0.3) is 0 Å². The summed E-state index contributed by atoms with van der Waals surface area (Å²) in [4.78, 5) is 15.9. The lowest BCUT2D eigenvalue weighted by Crippen LogP contribution is -2.37. The summed E-state index contributed by atoms with van der Waals surface area (Å²) in [7, 11) is 3.13. The summed E-state index contributed by atoms with van der Waals surface area (Å²) in [6.45, 7) is 0.774. The Labute approximate surface area is 118 Å². The fourth-order valence-electron chi connectivity index (χ4n) is 2.05. The van der Waals surface area contributed by atoms with Gasteiger partial charge in [-0.05, 0) is 12.6 Å². The number of esters is 1. The van der Waals surface area contributed by atoms with Crippen molar-refractivity contribution in [3.8, 4) is 0 Å². The predicted molar refractivity (Wildman–Crippen MR) is 76.3 cm³/mol. The van der Waals surface area contributed by atoms with E-state index in [0.29, 0.717) is 6.42 Å². The van der Waals surface area contributed by atoms with Crippen LogP contribution in [0.5, 0.6) is 0 Å². The Morgan fingerprint density at radius 2 is 2.15 bits per heavy atom. The lowest BCUT2D eigenvalue weighted by molar-refractivity contribution is -0.142. The van der Waals surface area contributed by atoms with Crippen LogP contribution < -0.4 is 5.32 Å². The molecule has 0 bridgehead atoms. The highest BCUT2D eigenvalue weighted by Crippen LogP contribution is 2.06. The SMILES string of the molecule is CNC(Cc1cn(Cc2ccccc2)cn1)C(=O)OC. The van der Waals surface area contributed by atoms with Gasteiger partial charge in [0.1, 0.15) is 6.04 Å². The van der Waals surface area contributed by atoms with Crippen LogP contribution in [-0.4, -0.2) is 35.7 Å². The van der Waals surface area contributed by atoms with Gasteiger partial charge in [-0.2, -0.15) is 0 Å². The highest BCUT2D eigenvalue weighted by molar-refractivity contribution is 5.75. The first kappa shape index (κ1) is 14.3. The Bertz CT molecular complexity index is 551. The van der Waals surface area contributed by atoms with Crippen LogP contribution in [0.1, 0.15) is 11.3 Å². The number of methoxy groups -OCH3 is 1. The zero-order valence-electron chi connectivity index (χ0n) is 11.7. The number of hydrogen-bond acceptors (Lipinski definition) is 4. The summed E-state index contributed by atoms with van der Waals surface area (Å²) in [5.74, 6) is -0.273. The van der Waals surface area contributed by atoms with Crippen LogP contribution in [0.15, 0.2) is 42.9 Å². The summed E-state index contributed by atoms with van der Waals surface area (Å²) in [5.41, 5.74) is 2.08. The standard InChI is InChI=1S/C15H19N3O2/c1-16-14(15(19)20-2)8-13-10-18(11-17-13)9-12-6-4-3-5-7-12/h3-7,10-11,14,16H,8-9H2,1-2H3. The van der Waals surface area contributed by atoms with E-state index < -0.39 is 0 Å². The summed E-state index contributed by atoms with van der Waals surface area (Å²) in [6.07, 6.45) is 4.26. The first-order valence-electron chi connectivity index (χ1n) is 6.52. The molecular weight excluding hydrogens is 254 g/mol. The van der Waals surface area contributed by atoms with Crippen LogP contribution in [0.3, 0.4) is 0 Å². The lowest BCUT2D eigenvalue weighted by atomic mass is 10.1. The van der Waals surface area contributed by atoms with Crippen molar-refractivity contribution in [2.75, 3.05) is 14.2 Å². The maximum atomic E-state index is 11.5. The highest BCUT2D eigenvalue weighted by atomic mass is 16.5. The number of benzene rings is 1. The lowest BCUT2D eigenvalue weighted by Gasteiger charge is -2.11. The molecule has 2 rings (SSSR count). The number of carbonyl (C=O) groups is 1. The fraction of sp³-hybridized carbons (Fsp3) is 0.333. The molecular formula is C15H19N3O2. The minimum Gasteiger partial charge on any atom is -0.468 e. The van der Waals surface area contributed by atoms with E-state index in [4.69, 9.17) is 4.74 Å². The quantitative estimate of drug-likeness (QED) is 0.804. The van der Waals surface area contributed by atoms with Crippen LogP contribution in [-0.2, 0) is 22.5 Å². The number of nitrogens with one attached hydrogen (secondary N) is 1. The number of imidazole rings is 1. The molecule has 2 aromatic rings. The Morgan fingerprint density at radius 3 is 2.80 bits per heavy atom. The third-order valence-corrected chi connectivity index (χ3v) is 3.14. The van der Waals surface area contributed by atoms with E-state index in [9.17, 15) is 4.79 Å². The van der Waals surface area contributed by atoms with Gasteiger partial charge in [-0.25, -0.2) is 4.98 Å². The zero-order chi connectivity index (χ0) is 14.4. The van der Waals surface area contributed by atoms with Gasteiger partial charge in [0, 0.05) is 19.2 Å². The molecule has 0 saturated carbocycles. The average Bonchev–Trinajstić information content (AvgIpc) is 2.92. The zero-order valence-corrected chi connectivity index (χ0v) is 11.7. The second-order valence-electron chi connectivity index (χ2n) is 4.59. The Morgan fingerprint density at radius 1 is 1.40 bits per heavy atom. The summed E-state index contributed by atoms with van der Waals surface area (Å²) < 4.78 is 6.75. The van der Waals surface area contributed by atoms with Gasteiger partial charge >= 0.3 is 5.97 Å². The Balaban J connectivity index is 2.00. The van der Waals surface area contributed by atoms with Gasteiger partial charge < -0.3 is 14.6 Å². The molecule has 0 saturated heterocycles. The molecule has 0 aliphatic rings. The van der Waals surface area contributed by atoms with Gasteiger partial charge in [-0.15, -0.1) is 0 Å². The van der Waals surface area contributed by atoms with Crippen LogP contribution >= 0.6 is 0 Å². The molecule has 0 aliphatic heterocycles. The maximum absolute atomic E-state index is 11.5. The molecule has 20 heavy (non-hydrogen) atoms. The Hall–Kier alpha value is -2.14. The first-order chi connectivity index (χ1) is 9.72. The topological polar surface area (TPSA) is 56.2 Å². The largest absolute Gasteiger partial charge is 0.468 e. The van der Waals surface area contributed by atoms with Gasteiger partial charge in [0.05, 0.1) is 19.1 Å². The maximum Gasteiger partial charge on any atom is 0.323 e. The average molecular weight is 273 g/mol.